The van der Waals surface area contributed by atoms with Crippen molar-refractivity contribution in [2.45, 2.75) is 0 Å². The van der Waals surface area contributed by atoms with E-state index in [2.05, 4.69) is 26.2 Å². The first-order valence-electron chi connectivity index (χ1n) is 5.57. The maximum Gasteiger partial charge on any atom is 0.258 e. The molecule has 0 spiro atoms. The molecule has 0 bridgehead atoms. The van der Waals surface area contributed by atoms with Gasteiger partial charge in [0.1, 0.15) is 10.9 Å². The number of benzene rings is 1. The summed E-state index contributed by atoms with van der Waals surface area (Å²) in [5.41, 5.74) is 6.69. The molecular formula is C13H11BrClN3O2. The molecule has 0 aliphatic heterocycles. The summed E-state index contributed by atoms with van der Waals surface area (Å²) in [6, 6.07) is 6.74. The Hall–Kier alpha value is -1.79. The molecule has 1 heterocycles. The molecule has 1 aromatic carbocycles. The SMILES string of the molecule is COc1ccc(Br)cc1NC(=O)c1cc(N)cnc1Cl. The lowest BCUT2D eigenvalue weighted by atomic mass is 10.2. The monoisotopic (exact) mass is 355 g/mol. The molecule has 0 aliphatic rings. The Morgan fingerprint density at radius 2 is 2.20 bits per heavy atom. The Morgan fingerprint density at radius 3 is 2.90 bits per heavy atom. The van der Waals surface area contributed by atoms with Crippen molar-refractivity contribution in [1.29, 1.82) is 0 Å². The maximum absolute atomic E-state index is 12.2. The summed E-state index contributed by atoms with van der Waals surface area (Å²) in [5.74, 6) is 0.126. The van der Waals surface area contributed by atoms with Crippen LogP contribution in [0, 0.1) is 0 Å². The Morgan fingerprint density at radius 1 is 1.45 bits per heavy atom. The highest BCUT2D eigenvalue weighted by atomic mass is 79.9. The predicted octanol–water partition coefficient (Wildman–Crippen LogP) is 3.34. The number of anilines is 2. The van der Waals surface area contributed by atoms with Crippen LogP contribution in [0.5, 0.6) is 5.75 Å². The normalized spacial score (nSPS) is 10.2. The van der Waals surface area contributed by atoms with E-state index in [1.807, 2.05) is 6.07 Å². The number of rotatable bonds is 3. The van der Waals surface area contributed by atoms with Gasteiger partial charge in [0.2, 0.25) is 0 Å². The summed E-state index contributed by atoms with van der Waals surface area (Å²) in [6.45, 7) is 0. The van der Waals surface area contributed by atoms with Crippen molar-refractivity contribution in [3.05, 3.63) is 45.7 Å². The number of carbonyl (C=O) groups is 1. The zero-order valence-electron chi connectivity index (χ0n) is 10.5. The molecule has 3 N–H and O–H groups in total. The van der Waals surface area contributed by atoms with Crippen LogP contribution in [0.4, 0.5) is 11.4 Å². The Labute approximate surface area is 129 Å². The van der Waals surface area contributed by atoms with Gasteiger partial charge in [-0.2, -0.15) is 0 Å². The number of aromatic nitrogens is 1. The fourth-order valence-corrected chi connectivity index (χ4v) is 2.14. The minimum absolute atomic E-state index is 0.0886. The second-order valence-electron chi connectivity index (χ2n) is 3.91. The van der Waals surface area contributed by atoms with E-state index in [1.54, 1.807) is 12.1 Å². The molecule has 7 heteroatoms. The van der Waals surface area contributed by atoms with Crippen LogP contribution in [0.1, 0.15) is 10.4 Å². The second-order valence-corrected chi connectivity index (χ2v) is 5.18. The molecule has 2 rings (SSSR count). The average Bonchev–Trinajstić information content (AvgIpc) is 2.41. The largest absolute Gasteiger partial charge is 0.495 e. The van der Waals surface area contributed by atoms with Gasteiger partial charge in [-0.05, 0) is 24.3 Å². The molecule has 0 atom stereocenters. The van der Waals surface area contributed by atoms with Crippen molar-refractivity contribution < 1.29 is 9.53 Å². The first-order chi connectivity index (χ1) is 9.51. The number of ether oxygens (including phenoxy) is 1. The van der Waals surface area contributed by atoms with Crippen LogP contribution in [0.15, 0.2) is 34.9 Å². The molecule has 0 aliphatic carbocycles. The number of hydrogen-bond acceptors (Lipinski definition) is 4. The van der Waals surface area contributed by atoms with Gasteiger partial charge in [0, 0.05) is 4.47 Å². The number of carbonyl (C=O) groups excluding carboxylic acids is 1. The summed E-state index contributed by atoms with van der Waals surface area (Å²) >= 11 is 9.23. The molecule has 1 aromatic heterocycles. The Bertz CT molecular complexity index is 664. The minimum atomic E-state index is -0.411. The number of halogens is 2. The van der Waals surface area contributed by atoms with Gasteiger partial charge >= 0.3 is 0 Å². The predicted molar refractivity (Wildman–Crippen MR) is 82.3 cm³/mol. The molecule has 0 saturated heterocycles. The summed E-state index contributed by atoms with van der Waals surface area (Å²) in [4.78, 5) is 16.0. The van der Waals surface area contributed by atoms with E-state index in [0.29, 0.717) is 17.1 Å². The van der Waals surface area contributed by atoms with Crippen molar-refractivity contribution in [3.8, 4) is 5.75 Å². The summed E-state index contributed by atoms with van der Waals surface area (Å²) in [6.07, 6.45) is 1.39. The molecule has 5 nitrogen and oxygen atoms in total. The van der Waals surface area contributed by atoms with Crippen molar-refractivity contribution in [2.24, 2.45) is 0 Å². The number of nitrogens with zero attached hydrogens (tertiary/aromatic N) is 1. The van der Waals surface area contributed by atoms with E-state index < -0.39 is 5.91 Å². The first kappa shape index (κ1) is 14.6. The number of nitrogen functional groups attached to an aromatic ring is 1. The van der Waals surface area contributed by atoms with Crippen molar-refractivity contribution in [2.75, 3.05) is 18.2 Å². The van der Waals surface area contributed by atoms with E-state index in [4.69, 9.17) is 22.1 Å². The van der Waals surface area contributed by atoms with Crippen LogP contribution in [-0.2, 0) is 0 Å². The fourth-order valence-electron chi connectivity index (χ4n) is 1.59. The highest BCUT2D eigenvalue weighted by Gasteiger charge is 2.14. The summed E-state index contributed by atoms with van der Waals surface area (Å²) < 4.78 is 5.99. The Kier molecular flexibility index (Phi) is 4.46. The number of hydrogen-bond donors (Lipinski definition) is 2. The second kappa shape index (κ2) is 6.11. The lowest BCUT2D eigenvalue weighted by Crippen LogP contribution is -2.14. The van der Waals surface area contributed by atoms with Gasteiger partial charge < -0.3 is 15.8 Å². The molecule has 0 fully saturated rings. The zero-order valence-corrected chi connectivity index (χ0v) is 12.8. The summed E-state index contributed by atoms with van der Waals surface area (Å²) in [5, 5.41) is 2.80. The quantitative estimate of drug-likeness (QED) is 0.827. The molecule has 104 valence electrons. The Balaban J connectivity index is 2.32. The van der Waals surface area contributed by atoms with E-state index >= 15 is 0 Å². The lowest BCUT2D eigenvalue weighted by Gasteiger charge is -2.11. The van der Waals surface area contributed by atoms with Gasteiger partial charge in [0.15, 0.2) is 0 Å². The van der Waals surface area contributed by atoms with Crippen LogP contribution in [0.3, 0.4) is 0 Å². The third kappa shape index (κ3) is 3.20. The maximum atomic E-state index is 12.2. The van der Waals surface area contributed by atoms with Gasteiger partial charge in [0.05, 0.1) is 30.2 Å². The molecule has 0 saturated carbocycles. The molecule has 2 aromatic rings. The first-order valence-corrected chi connectivity index (χ1v) is 6.74. The smallest absolute Gasteiger partial charge is 0.258 e. The van der Waals surface area contributed by atoms with Gasteiger partial charge in [-0.1, -0.05) is 27.5 Å². The van der Waals surface area contributed by atoms with Crippen molar-refractivity contribution in [1.82, 2.24) is 4.98 Å². The lowest BCUT2D eigenvalue weighted by molar-refractivity contribution is 0.102. The van der Waals surface area contributed by atoms with Crippen LogP contribution < -0.4 is 15.8 Å². The average molecular weight is 357 g/mol. The van der Waals surface area contributed by atoms with Crippen LogP contribution >= 0.6 is 27.5 Å². The van der Waals surface area contributed by atoms with E-state index in [1.165, 1.54) is 19.4 Å². The van der Waals surface area contributed by atoms with Crippen LogP contribution in [-0.4, -0.2) is 18.0 Å². The van der Waals surface area contributed by atoms with Gasteiger partial charge in [-0.3, -0.25) is 4.79 Å². The molecule has 20 heavy (non-hydrogen) atoms. The number of pyridine rings is 1. The number of amides is 1. The van der Waals surface area contributed by atoms with E-state index in [-0.39, 0.29) is 10.7 Å². The number of nitrogens with two attached hydrogens (primary N) is 1. The number of nitrogens with one attached hydrogen (secondary N) is 1. The summed E-state index contributed by atoms with van der Waals surface area (Å²) in [7, 11) is 1.52. The van der Waals surface area contributed by atoms with Crippen molar-refractivity contribution in [3.63, 3.8) is 0 Å². The minimum Gasteiger partial charge on any atom is -0.495 e. The standard InChI is InChI=1S/C13H11BrClN3O2/c1-20-11-3-2-7(14)4-10(11)18-13(19)9-5-8(16)6-17-12(9)15/h2-6H,16H2,1H3,(H,18,19). The third-order valence-corrected chi connectivity index (χ3v) is 3.31. The van der Waals surface area contributed by atoms with E-state index in [0.717, 1.165) is 4.47 Å². The third-order valence-electron chi connectivity index (χ3n) is 2.51. The molecule has 0 unspecified atom stereocenters. The van der Waals surface area contributed by atoms with Crippen molar-refractivity contribution >= 4 is 44.8 Å². The highest BCUT2D eigenvalue weighted by Crippen LogP contribution is 2.29. The topological polar surface area (TPSA) is 77.2 Å². The van der Waals surface area contributed by atoms with Crippen LogP contribution in [0.25, 0.3) is 0 Å². The van der Waals surface area contributed by atoms with Gasteiger partial charge in [0.25, 0.3) is 5.91 Å². The van der Waals surface area contributed by atoms with Crippen LogP contribution in [0.2, 0.25) is 5.15 Å². The molecular weight excluding hydrogens is 346 g/mol. The van der Waals surface area contributed by atoms with E-state index in [9.17, 15) is 4.79 Å². The van der Waals surface area contributed by atoms with Gasteiger partial charge in [-0.25, -0.2) is 4.98 Å². The molecule has 1 amide bonds. The number of methoxy groups -OCH3 is 1. The van der Waals surface area contributed by atoms with Gasteiger partial charge in [-0.15, -0.1) is 0 Å². The fraction of sp³-hybridized carbons (Fsp3) is 0.0769. The zero-order chi connectivity index (χ0) is 14.7. The molecule has 0 radical (unpaired) electrons. The highest BCUT2D eigenvalue weighted by molar-refractivity contribution is 9.10.